The molecule has 1 aliphatic rings. The summed E-state index contributed by atoms with van der Waals surface area (Å²) in [7, 11) is 1.71. The van der Waals surface area contributed by atoms with Gasteiger partial charge in [-0.05, 0) is 30.2 Å². The van der Waals surface area contributed by atoms with Gasteiger partial charge in [-0.3, -0.25) is 0 Å². The molecule has 0 unspecified atom stereocenters. The summed E-state index contributed by atoms with van der Waals surface area (Å²) in [5, 5.41) is 3.46. The highest BCUT2D eigenvalue weighted by Gasteiger charge is 2.20. The van der Waals surface area contributed by atoms with Gasteiger partial charge in [0, 0.05) is 63.4 Å². The standard InChI is InChI=1S/C25H32N6O.HI/c1-3-27-25(28-18-21-7-9-22(10-8-21)19-29-12-11-26-20-29)31-15-13-30(14-16-31)23-5-4-6-24(17-23)32-2;/h4-12,17,20H,3,13-16,18-19H2,1-2H3,(H,27,28);1H. The molecule has 0 radical (unpaired) electrons. The first kappa shape index (κ1) is 24.9. The number of guanidine groups is 1. The number of imidazole rings is 1. The number of benzene rings is 2. The highest BCUT2D eigenvalue weighted by Crippen LogP contribution is 2.22. The molecule has 0 bridgehead atoms. The number of hydrogen-bond acceptors (Lipinski definition) is 4. The lowest BCUT2D eigenvalue weighted by molar-refractivity contribution is 0.372. The van der Waals surface area contributed by atoms with Gasteiger partial charge in [0.15, 0.2) is 5.96 Å². The molecule has 33 heavy (non-hydrogen) atoms. The smallest absolute Gasteiger partial charge is 0.194 e. The molecular formula is C25H33IN6O. The molecule has 0 amide bonds. The van der Waals surface area contributed by atoms with Gasteiger partial charge in [-0.2, -0.15) is 0 Å². The van der Waals surface area contributed by atoms with Crippen LogP contribution in [-0.2, 0) is 13.1 Å². The van der Waals surface area contributed by atoms with Crippen molar-refractivity contribution < 1.29 is 4.74 Å². The number of hydrogen-bond donors (Lipinski definition) is 1. The van der Waals surface area contributed by atoms with E-state index in [0.29, 0.717) is 6.54 Å². The molecular weight excluding hydrogens is 527 g/mol. The van der Waals surface area contributed by atoms with Gasteiger partial charge >= 0.3 is 0 Å². The van der Waals surface area contributed by atoms with E-state index in [1.54, 1.807) is 7.11 Å². The minimum Gasteiger partial charge on any atom is -0.497 e. The zero-order chi connectivity index (χ0) is 22.2. The van der Waals surface area contributed by atoms with E-state index in [9.17, 15) is 0 Å². The van der Waals surface area contributed by atoms with Crippen LogP contribution in [0.25, 0.3) is 0 Å². The van der Waals surface area contributed by atoms with Gasteiger partial charge in [0.1, 0.15) is 5.75 Å². The topological polar surface area (TPSA) is 57.9 Å². The SMILES string of the molecule is CCNC(=NCc1ccc(Cn2ccnc2)cc1)N1CCN(c2cccc(OC)c2)CC1.I. The molecule has 0 atom stereocenters. The predicted octanol–water partition coefficient (Wildman–Crippen LogP) is 3.85. The summed E-state index contributed by atoms with van der Waals surface area (Å²) in [6.45, 7) is 8.28. The average molecular weight is 560 g/mol. The van der Waals surface area contributed by atoms with Gasteiger partial charge in [-0.1, -0.05) is 30.3 Å². The Bertz CT molecular complexity index is 998. The number of aromatic nitrogens is 2. The van der Waals surface area contributed by atoms with Gasteiger partial charge in [-0.15, -0.1) is 24.0 Å². The molecule has 8 heteroatoms. The van der Waals surface area contributed by atoms with Crippen molar-refractivity contribution in [3.05, 3.63) is 78.4 Å². The number of methoxy groups -OCH3 is 1. The van der Waals surface area contributed by atoms with Crippen molar-refractivity contribution in [2.75, 3.05) is 44.7 Å². The van der Waals surface area contributed by atoms with Crippen molar-refractivity contribution in [2.24, 2.45) is 4.99 Å². The van der Waals surface area contributed by atoms with Crippen molar-refractivity contribution in [1.82, 2.24) is 19.8 Å². The van der Waals surface area contributed by atoms with Crippen molar-refractivity contribution in [3.8, 4) is 5.75 Å². The molecule has 1 aliphatic heterocycles. The van der Waals surface area contributed by atoms with Crippen molar-refractivity contribution in [1.29, 1.82) is 0 Å². The van der Waals surface area contributed by atoms with E-state index in [1.807, 2.05) is 30.9 Å². The van der Waals surface area contributed by atoms with Crippen LogP contribution in [0, 0.1) is 0 Å². The zero-order valence-electron chi connectivity index (χ0n) is 19.4. The van der Waals surface area contributed by atoms with E-state index >= 15 is 0 Å². The quantitative estimate of drug-likeness (QED) is 0.271. The van der Waals surface area contributed by atoms with Crippen LogP contribution in [0.2, 0.25) is 0 Å². The summed E-state index contributed by atoms with van der Waals surface area (Å²) < 4.78 is 7.45. The van der Waals surface area contributed by atoms with E-state index < -0.39 is 0 Å². The number of piperazine rings is 1. The Kier molecular flexibility index (Phi) is 9.41. The molecule has 4 rings (SSSR count). The Balaban J connectivity index is 0.00000306. The maximum atomic E-state index is 5.37. The molecule has 3 aromatic rings. The minimum atomic E-state index is 0. The van der Waals surface area contributed by atoms with Crippen LogP contribution in [-0.4, -0.2) is 60.2 Å². The second-order valence-electron chi connectivity index (χ2n) is 7.90. The number of nitrogens with zero attached hydrogens (tertiary/aromatic N) is 5. The lowest BCUT2D eigenvalue weighted by atomic mass is 10.1. The summed E-state index contributed by atoms with van der Waals surface area (Å²) in [6.07, 6.45) is 5.63. The molecule has 1 aromatic heterocycles. The van der Waals surface area contributed by atoms with E-state index in [-0.39, 0.29) is 24.0 Å². The predicted molar refractivity (Wildman–Crippen MR) is 145 cm³/mol. The molecule has 2 heterocycles. The molecule has 1 saturated heterocycles. The fourth-order valence-electron chi connectivity index (χ4n) is 3.92. The molecule has 2 aromatic carbocycles. The number of halogens is 1. The maximum Gasteiger partial charge on any atom is 0.194 e. The van der Waals surface area contributed by atoms with E-state index in [0.717, 1.165) is 51.0 Å². The number of anilines is 1. The number of rotatable bonds is 7. The Morgan fingerprint density at radius 1 is 1.06 bits per heavy atom. The van der Waals surface area contributed by atoms with Crippen LogP contribution < -0.4 is 15.0 Å². The van der Waals surface area contributed by atoms with Crippen LogP contribution >= 0.6 is 24.0 Å². The Labute approximate surface area is 213 Å². The molecule has 1 N–H and O–H groups in total. The fraction of sp³-hybridized carbons (Fsp3) is 0.360. The van der Waals surface area contributed by atoms with Crippen LogP contribution in [0.4, 0.5) is 5.69 Å². The van der Waals surface area contributed by atoms with Gasteiger partial charge in [0.05, 0.1) is 20.0 Å². The van der Waals surface area contributed by atoms with E-state index in [2.05, 4.69) is 68.0 Å². The highest BCUT2D eigenvalue weighted by molar-refractivity contribution is 14.0. The Morgan fingerprint density at radius 2 is 1.82 bits per heavy atom. The first-order valence-corrected chi connectivity index (χ1v) is 11.2. The van der Waals surface area contributed by atoms with Gasteiger partial charge in [-0.25, -0.2) is 9.98 Å². The first-order valence-electron chi connectivity index (χ1n) is 11.2. The molecule has 1 fully saturated rings. The van der Waals surface area contributed by atoms with Crippen molar-refractivity contribution >= 4 is 35.6 Å². The Morgan fingerprint density at radius 3 is 2.48 bits per heavy atom. The molecule has 7 nitrogen and oxygen atoms in total. The molecule has 0 saturated carbocycles. The number of aliphatic imine (C=N–C) groups is 1. The van der Waals surface area contributed by atoms with E-state index in [4.69, 9.17) is 9.73 Å². The number of nitrogens with one attached hydrogen (secondary N) is 1. The molecule has 0 aliphatic carbocycles. The third-order valence-corrected chi connectivity index (χ3v) is 5.69. The second-order valence-corrected chi connectivity index (χ2v) is 7.90. The average Bonchev–Trinajstić information content (AvgIpc) is 3.36. The van der Waals surface area contributed by atoms with Crippen molar-refractivity contribution in [2.45, 2.75) is 20.0 Å². The molecule has 0 spiro atoms. The summed E-state index contributed by atoms with van der Waals surface area (Å²) in [5.41, 5.74) is 3.68. The zero-order valence-corrected chi connectivity index (χ0v) is 21.7. The van der Waals surface area contributed by atoms with Crippen LogP contribution in [0.3, 0.4) is 0 Å². The van der Waals surface area contributed by atoms with Crippen molar-refractivity contribution in [3.63, 3.8) is 0 Å². The Hall–Kier alpha value is -2.75. The third-order valence-electron chi connectivity index (χ3n) is 5.69. The largest absolute Gasteiger partial charge is 0.497 e. The van der Waals surface area contributed by atoms with Gasteiger partial charge in [0.2, 0.25) is 0 Å². The summed E-state index contributed by atoms with van der Waals surface area (Å²) in [5.74, 6) is 1.89. The minimum absolute atomic E-state index is 0. The number of ether oxygens (including phenoxy) is 1. The third kappa shape index (κ3) is 6.86. The lowest BCUT2D eigenvalue weighted by Gasteiger charge is -2.37. The van der Waals surface area contributed by atoms with Gasteiger partial charge < -0.3 is 24.4 Å². The van der Waals surface area contributed by atoms with Gasteiger partial charge in [0.25, 0.3) is 0 Å². The van der Waals surface area contributed by atoms with Crippen LogP contribution in [0.1, 0.15) is 18.1 Å². The highest BCUT2D eigenvalue weighted by atomic mass is 127. The van der Waals surface area contributed by atoms with E-state index in [1.165, 1.54) is 16.8 Å². The fourth-order valence-corrected chi connectivity index (χ4v) is 3.92. The van der Waals surface area contributed by atoms with Crippen LogP contribution in [0.5, 0.6) is 5.75 Å². The summed E-state index contributed by atoms with van der Waals surface area (Å²) >= 11 is 0. The lowest BCUT2D eigenvalue weighted by Crippen LogP contribution is -2.52. The molecule has 176 valence electrons. The second kappa shape index (κ2) is 12.5. The van der Waals surface area contributed by atoms with Crippen LogP contribution in [0.15, 0.2) is 72.2 Å². The summed E-state index contributed by atoms with van der Waals surface area (Å²) in [4.78, 5) is 13.8. The first-order chi connectivity index (χ1) is 15.7. The summed E-state index contributed by atoms with van der Waals surface area (Å²) in [6, 6.07) is 17.0. The maximum absolute atomic E-state index is 5.37. The monoisotopic (exact) mass is 560 g/mol. The normalized spacial score (nSPS) is 14.1.